The molecule has 1 aliphatic heterocycles. The van der Waals surface area contributed by atoms with Crippen molar-refractivity contribution in [1.82, 2.24) is 14.2 Å². The molecule has 1 fully saturated rings. The van der Waals surface area contributed by atoms with Crippen LogP contribution in [0, 0.1) is 0 Å². The van der Waals surface area contributed by atoms with Crippen LogP contribution in [0.15, 0.2) is 84.0 Å². The van der Waals surface area contributed by atoms with Crippen molar-refractivity contribution in [3.05, 3.63) is 89.7 Å². The molecule has 0 radical (unpaired) electrons. The lowest BCUT2D eigenvalue weighted by atomic mass is 10.2. The number of halogens is 1. The van der Waals surface area contributed by atoms with Crippen molar-refractivity contribution in [2.45, 2.75) is 11.4 Å². The summed E-state index contributed by atoms with van der Waals surface area (Å²) in [6, 6.07) is 19.9. The van der Waals surface area contributed by atoms with Gasteiger partial charge in [-0.05, 0) is 42.0 Å². The molecule has 3 aromatic rings. The van der Waals surface area contributed by atoms with Gasteiger partial charge in [-0.3, -0.25) is 14.7 Å². The summed E-state index contributed by atoms with van der Waals surface area (Å²) >= 11 is 5.96. The minimum absolute atomic E-state index is 0.0128. The van der Waals surface area contributed by atoms with Gasteiger partial charge in [0, 0.05) is 49.3 Å². The van der Waals surface area contributed by atoms with Crippen LogP contribution in [0.4, 0.5) is 5.69 Å². The van der Waals surface area contributed by atoms with E-state index in [1.165, 1.54) is 18.5 Å². The first-order chi connectivity index (χ1) is 15.9. The zero-order chi connectivity index (χ0) is 23.3. The van der Waals surface area contributed by atoms with E-state index in [-0.39, 0.29) is 18.0 Å². The number of rotatable bonds is 7. The van der Waals surface area contributed by atoms with Crippen LogP contribution < -0.4 is 4.90 Å². The van der Waals surface area contributed by atoms with Crippen LogP contribution in [0.5, 0.6) is 0 Å². The normalized spacial score (nSPS) is 14.8. The number of hydrogen-bond acceptors (Lipinski definition) is 6. The van der Waals surface area contributed by atoms with Gasteiger partial charge >= 0.3 is 0 Å². The minimum Gasteiger partial charge on any atom is -0.369 e. The fourth-order valence-electron chi connectivity index (χ4n) is 3.76. The Balaban J connectivity index is 1.49. The second-order valence-electron chi connectivity index (χ2n) is 7.82. The Labute approximate surface area is 199 Å². The standard InChI is InChI=1S/C24H25ClN4O3S/c25-21-10-8-20(9-11-21)18-29(33(31,32)23-7-4-12-26-17-23)24(30)19-27-13-15-28(16-14-27)22-5-2-1-3-6-22/h1-12,17H,13-16,18-19H2. The molecule has 0 bridgehead atoms. The summed E-state index contributed by atoms with van der Waals surface area (Å²) in [5.41, 5.74) is 1.82. The number of anilines is 1. The molecular formula is C24H25ClN4O3S. The first-order valence-electron chi connectivity index (χ1n) is 10.7. The fourth-order valence-corrected chi connectivity index (χ4v) is 5.23. The summed E-state index contributed by atoms with van der Waals surface area (Å²) in [5, 5.41) is 0.544. The number of benzene rings is 2. The third-order valence-electron chi connectivity index (χ3n) is 5.59. The predicted octanol–water partition coefficient (Wildman–Crippen LogP) is 3.27. The average molecular weight is 485 g/mol. The highest BCUT2D eigenvalue weighted by atomic mass is 35.5. The van der Waals surface area contributed by atoms with Crippen LogP contribution in [-0.2, 0) is 21.4 Å². The van der Waals surface area contributed by atoms with Gasteiger partial charge in [0.1, 0.15) is 4.90 Å². The van der Waals surface area contributed by atoms with Gasteiger partial charge in [-0.2, -0.15) is 0 Å². The number of carbonyl (C=O) groups is 1. The Kier molecular flexibility index (Phi) is 7.27. The molecule has 2 heterocycles. The lowest BCUT2D eigenvalue weighted by Crippen LogP contribution is -2.50. The van der Waals surface area contributed by atoms with Gasteiger partial charge in [0.2, 0.25) is 0 Å². The second-order valence-corrected chi connectivity index (χ2v) is 10.1. The molecule has 0 atom stereocenters. The lowest BCUT2D eigenvalue weighted by Gasteiger charge is -2.36. The molecule has 7 nitrogen and oxygen atoms in total. The summed E-state index contributed by atoms with van der Waals surface area (Å²) < 4.78 is 27.6. The number of piperazine rings is 1. The van der Waals surface area contributed by atoms with Crippen molar-refractivity contribution in [1.29, 1.82) is 0 Å². The topological polar surface area (TPSA) is 73.8 Å². The smallest absolute Gasteiger partial charge is 0.268 e. The predicted molar refractivity (Wildman–Crippen MR) is 129 cm³/mol. The van der Waals surface area contributed by atoms with Crippen LogP contribution in [0.1, 0.15) is 5.56 Å². The van der Waals surface area contributed by atoms with Crippen LogP contribution >= 0.6 is 11.6 Å². The van der Waals surface area contributed by atoms with Crippen LogP contribution in [0.2, 0.25) is 5.02 Å². The lowest BCUT2D eigenvalue weighted by molar-refractivity contribution is -0.128. The highest BCUT2D eigenvalue weighted by Crippen LogP contribution is 2.21. The van der Waals surface area contributed by atoms with Crippen LogP contribution in [-0.4, -0.2) is 61.2 Å². The molecule has 172 valence electrons. The highest BCUT2D eigenvalue weighted by Gasteiger charge is 2.31. The Morgan fingerprint density at radius 3 is 2.27 bits per heavy atom. The monoisotopic (exact) mass is 484 g/mol. The van der Waals surface area contributed by atoms with E-state index in [0.29, 0.717) is 23.7 Å². The van der Waals surface area contributed by atoms with E-state index >= 15 is 0 Å². The quantitative estimate of drug-likeness (QED) is 0.512. The van der Waals surface area contributed by atoms with E-state index in [9.17, 15) is 13.2 Å². The molecule has 1 aromatic heterocycles. The minimum atomic E-state index is -4.06. The molecule has 1 saturated heterocycles. The van der Waals surface area contributed by atoms with Crippen molar-refractivity contribution in [3.63, 3.8) is 0 Å². The first-order valence-corrected chi connectivity index (χ1v) is 12.5. The molecule has 9 heteroatoms. The third-order valence-corrected chi connectivity index (χ3v) is 7.59. The SMILES string of the molecule is O=C(CN1CCN(c2ccccc2)CC1)N(Cc1ccc(Cl)cc1)S(=O)(=O)c1cccnc1. The van der Waals surface area contributed by atoms with Gasteiger partial charge in [0.15, 0.2) is 0 Å². The number of nitrogens with zero attached hydrogens (tertiary/aromatic N) is 4. The number of sulfonamides is 1. The van der Waals surface area contributed by atoms with Crippen LogP contribution in [0.3, 0.4) is 0 Å². The molecular weight excluding hydrogens is 460 g/mol. The number of carbonyl (C=O) groups excluding carboxylic acids is 1. The second kappa shape index (κ2) is 10.3. The van der Waals surface area contributed by atoms with E-state index in [1.54, 1.807) is 30.3 Å². The van der Waals surface area contributed by atoms with Crippen molar-refractivity contribution < 1.29 is 13.2 Å². The van der Waals surface area contributed by atoms with Crippen molar-refractivity contribution in [3.8, 4) is 0 Å². The van der Waals surface area contributed by atoms with E-state index in [2.05, 4.69) is 22.0 Å². The largest absolute Gasteiger partial charge is 0.369 e. The molecule has 0 unspecified atom stereocenters. The summed E-state index contributed by atoms with van der Waals surface area (Å²) in [6.07, 6.45) is 2.76. The number of aromatic nitrogens is 1. The van der Waals surface area contributed by atoms with E-state index in [0.717, 1.165) is 23.1 Å². The average Bonchev–Trinajstić information content (AvgIpc) is 2.85. The molecule has 1 amide bonds. The van der Waals surface area contributed by atoms with Crippen molar-refractivity contribution in [2.75, 3.05) is 37.6 Å². The maximum atomic E-state index is 13.3. The van der Waals surface area contributed by atoms with Gasteiger partial charge < -0.3 is 4.90 Å². The van der Waals surface area contributed by atoms with Gasteiger partial charge in [-0.25, -0.2) is 12.7 Å². The Morgan fingerprint density at radius 2 is 1.64 bits per heavy atom. The highest BCUT2D eigenvalue weighted by molar-refractivity contribution is 7.89. The number of hydrogen-bond donors (Lipinski definition) is 0. The van der Waals surface area contributed by atoms with Gasteiger partial charge in [0.25, 0.3) is 15.9 Å². The molecule has 0 saturated carbocycles. The Morgan fingerprint density at radius 1 is 0.939 bits per heavy atom. The van der Waals surface area contributed by atoms with E-state index in [4.69, 9.17) is 11.6 Å². The number of pyridine rings is 1. The van der Waals surface area contributed by atoms with E-state index < -0.39 is 15.9 Å². The molecule has 1 aliphatic rings. The van der Waals surface area contributed by atoms with Crippen molar-refractivity contribution in [2.24, 2.45) is 0 Å². The third kappa shape index (κ3) is 5.71. The van der Waals surface area contributed by atoms with E-state index in [1.807, 2.05) is 23.1 Å². The van der Waals surface area contributed by atoms with Crippen LogP contribution in [0.25, 0.3) is 0 Å². The molecule has 0 aliphatic carbocycles. The molecule has 0 spiro atoms. The van der Waals surface area contributed by atoms with Gasteiger partial charge in [-0.1, -0.05) is 41.9 Å². The number of para-hydroxylation sites is 1. The summed E-state index contributed by atoms with van der Waals surface area (Å²) in [4.78, 5) is 21.5. The Bertz CT molecular complexity index is 1170. The molecule has 33 heavy (non-hydrogen) atoms. The first kappa shape index (κ1) is 23.2. The Hall–Kier alpha value is -2.94. The van der Waals surface area contributed by atoms with Gasteiger partial charge in [-0.15, -0.1) is 0 Å². The zero-order valence-electron chi connectivity index (χ0n) is 18.0. The zero-order valence-corrected chi connectivity index (χ0v) is 19.6. The fraction of sp³-hybridized carbons (Fsp3) is 0.250. The number of amides is 1. The maximum absolute atomic E-state index is 13.3. The van der Waals surface area contributed by atoms with Gasteiger partial charge in [0.05, 0.1) is 13.1 Å². The summed E-state index contributed by atoms with van der Waals surface area (Å²) in [5.74, 6) is -0.470. The summed E-state index contributed by atoms with van der Waals surface area (Å²) in [6.45, 7) is 2.82. The molecule has 0 N–H and O–H groups in total. The maximum Gasteiger partial charge on any atom is 0.268 e. The molecule has 2 aromatic carbocycles. The van der Waals surface area contributed by atoms with Crippen molar-refractivity contribution >= 4 is 33.2 Å². The summed E-state index contributed by atoms with van der Waals surface area (Å²) in [7, 11) is -4.06. The molecule has 4 rings (SSSR count).